The zero-order valence-electron chi connectivity index (χ0n) is 8.06. The number of rotatable bonds is 3. The van der Waals surface area contributed by atoms with Crippen LogP contribution in [0.5, 0.6) is 0 Å². The first-order valence-corrected chi connectivity index (χ1v) is 5.99. The van der Waals surface area contributed by atoms with Crippen molar-refractivity contribution < 1.29 is 0 Å². The fourth-order valence-corrected chi connectivity index (χ4v) is 2.27. The Morgan fingerprint density at radius 3 is 2.67 bits per heavy atom. The summed E-state index contributed by atoms with van der Waals surface area (Å²) in [6.45, 7) is 0. The van der Waals surface area contributed by atoms with Gasteiger partial charge in [-0.15, -0.1) is 11.8 Å². The maximum atomic E-state index is 5.87. The van der Waals surface area contributed by atoms with Crippen LogP contribution < -0.4 is 0 Å². The van der Waals surface area contributed by atoms with Crippen molar-refractivity contribution in [3.8, 4) is 0 Å². The molecule has 0 saturated carbocycles. The van der Waals surface area contributed by atoms with Crippen molar-refractivity contribution >= 4 is 23.4 Å². The predicted molar refractivity (Wildman–Crippen MR) is 65.3 cm³/mol. The summed E-state index contributed by atoms with van der Waals surface area (Å²) in [6, 6.07) is 14.0. The second-order valence-corrected chi connectivity index (χ2v) is 4.52. The van der Waals surface area contributed by atoms with Crippen molar-refractivity contribution in [2.75, 3.05) is 0 Å². The number of hydrogen-bond acceptors (Lipinski definition) is 2. The molecule has 0 saturated heterocycles. The monoisotopic (exact) mass is 235 g/mol. The van der Waals surface area contributed by atoms with Gasteiger partial charge in [-0.25, -0.2) is 4.98 Å². The lowest BCUT2D eigenvalue weighted by molar-refractivity contribution is 1.13. The van der Waals surface area contributed by atoms with Gasteiger partial charge in [-0.1, -0.05) is 41.9 Å². The van der Waals surface area contributed by atoms with Gasteiger partial charge in [-0.05, 0) is 17.7 Å². The molecule has 1 nitrogen and oxygen atoms in total. The first-order valence-electron chi connectivity index (χ1n) is 4.63. The summed E-state index contributed by atoms with van der Waals surface area (Å²) in [5.74, 6) is 0.925. The smallest absolute Gasteiger partial charge is 0.0977 e. The van der Waals surface area contributed by atoms with Crippen molar-refractivity contribution in [2.24, 2.45) is 0 Å². The van der Waals surface area contributed by atoms with Crippen LogP contribution in [0.4, 0.5) is 0 Å². The fourth-order valence-electron chi connectivity index (χ4n) is 1.20. The van der Waals surface area contributed by atoms with Crippen LogP contribution >= 0.6 is 23.4 Å². The van der Waals surface area contributed by atoms with Crippen molar-refractivity contribution in [3.63, 3.8) is 0 Å². The van der Waals surface area contributed by atoms with E-state index < -0.39 is 0 Å². The summed E-state index contributed by atoms with van der Waals surface area (Å²) in [7, 11) is 0. The largest absolute Gasteiger partial charge is 0.250 e. The third kappa shape index (κ3) is 3.26. The minimum absolute atomic E-state index is 0.737. The van der Waals surface area contributed by atoms with Gasteiger partial charge in [0.1, 0.15) is 0 Å². The number of halogens is 1. The Bertz CT molecular complexity index is 431. The molecule has 15 heavy (non-hydrogen) atoms. The highest BCUT2D eigenvalue weighted by Crippen LogP contribution is 2.22. The number of nitrogens with zero attached hydrogens (tertiary/aromatic N) is 1. The van der Waals surface area contributed by atoms with Crippen LogP contribution in [0.3, 0.4) is 0 Å². The minimum atomic E-state index is 0.737. The molecule has 1 aromatic carbocycles. The minimum Gasteiger partial charge on any atom is -0.250 e. The lowest BCUT2D eigenvalue weighted by Crippen LogP contribution is -1.82. The Kier molecular flexibility index (Phi) is 3.64. The van der Waals surface area contributed by atoms with Gasteiger partial charge >= 0.3 is 0 Å². The van der Waals surface area contributed by atoms with Gasteiger partial charge < -0.3 is 0 Å². The molecule has 1 heterocycles. The average Bonchev–Trinajstić information content (AvgIpc) is 2.28. The molecule has 0 spiro atoms. The molecule has 0 aliphatic rings. The zero-order chi connectivity index (χ0) is 10.5. The zero-order valence-corrected chi connectivity index (χ0v) is 9.63. The number of hydrogen-bond donors (Lipinski definition) is 0. The van der Waals surface area contributed by atoms with Crippen LogP contribution in [0.2, 0.25) is 5.02 Å². The lowest BCUT2D eigenvalue weighted by Gasteiger charge is -2.01. The molecule has 0 aliphatic carbocycles. The number of thioether (sulfide) groups is 1. The summed E-state index contributed by atoms with van der Waals surface area (Å²) < 4.78 is 0. The highest BCUT2D eigenvalue weighted by atomic mass is 35.5. The molecule has 0 fully saturated rings. The highest BCUT2D eigenvalue weighted by molar-refractivity contribution is 7.98. The molecule has 2 rings (SSSR count). The first-order chi connectivity index (χ1) is 7.34. The van der Waals surface area contributed by atoms with E-state index in [9.17, 15) is 0 Å². The highest BCUT2D eigenvalue weighted by Gasteiger charge is 1.97. The molecule has 0 unspecified atom stereocenters. The van der Waals surface area contributed by atoms with E-state index >= 15 is 0 Å². The maximum Gasteiger partial charge on any atom is 0.0977 e. The number of aromatic nitrogens is 1. The molecular formula is C12H10ClNS. The summed E-state index contributed by atoms with van der Waals surface area (Å²) in [6.07, 6.45) is 1.73. The van der Waals surface area contributed by atoms with Gasteiger partial charge in [0.2, 0.25) is 0 Å². The molecule has 0 N–H and O–H groups in total. The predicted octanol–water partition coefficient (Wildman–Crippen LogP) is 4.03. The molecule has 1 aromatic heterocycles. The van der Waals surface area contributed by atoms with Crippen molar-refractivity contribution in [3.05, 3.63) is 59.2 Å². The Hall–Kier alpha value is -0.990. The van der Waals surface area contributed by atoms with Crippen LogP contribution in [-0.4, -0.2) is 4.98 Å². The maximum absolute atomic E-state index is 5.87. The van der Waals surface area contributed by atoms with Gasteiger partial charge in [-0.2, -0.15) is 0 Å². The molecular weight excluding hydrogens is 226 g/mol. The van der Waals surface area contributed by atoms with E-state index in [2.05, 4.69) is 17.1 Å². The van der Waals surface area contributed by atoms with E-state index in [-0.39, 0.29) is 0 Å². The van der Waals surface area contributed by atoms with E-state index in [1.165, 1.54) is 5.56 Å². The summed E-state index contributed by atoms with van der Waals surface area (Å²) in [5.41, 5.74) is 1.30. The SMILES string of the molecule is Clc1ccnc(SCc2ccccc2)c1. The number of benzene rings is 1. The normalized spacial score (nSPS) is 10.2. The second-order valence-electron chi connectivity index (χ2n) is 3.09. The second kappa shape index (κ2) is 5.19. The standard InChI is InChI=1S/C12H10ClNS/c13-11-6-7-14-12(8-11)15-9-10-4-2-1-3-5-10/h1-8H,9H2. The molecule has 0 atom stereocenters. The van der Waals surface area contributed by atoms with Crippen LogP contribution in [0.15, 0.2) is 53.7 Å². The van der Waals surface area contributed by atoms with Gasteiger partial charge in [0.25, 0.3) is 0 Å². The summed E-state index contributed by atoms with van der Waals surface area (Å²) in [4.78, 5) is 4.23. The van der Waals surface area contributed by atoms with Crippen LogP contribution in [-0.2, 0) is 5.75 Å². The molecule has 0 bridgehead atoms. The quantitative estimate of drug-likeness (QED) is 0.745. The Labute approximate surface area is 98.5 Å². The van der Waals surface area contributed by atoms with Gasteiger partial charge in [0, 0.05) is 17.0 Å². The lowest BCUT2D eigenvalue weighted by atomic mass is 10.2. The number of pyridine rings is 1. The van der Waals surface area contributed by atoms with Gasteiger partial charge in [0.05, 0.1) is 5.03 Å². The summed E-state index contributed by atoms with van der Waals surface area (Å²) >= 11 is 7.57. The molecule has 76 valence electrons. The van der Waals surface area contributed by atoms with E-state index in [1.807, 2.05) is 24.3 Å². The molecule has 0 aliphatic heterocycles. The Morgan fingerprint density at radius 1 is 1.13 bits per heavy atom. The third-order valence-electron chi connectivity index (χ3n) is 1.93. The molecule has 3 heteroatoms. The molecule has 0 amide bonds. The Morgan fingerprint density at radius 2 is 1.93 bits per heavy atom. The van der Waals surface area contributed by atoms with E-state index in [1.54, 1.807) is 24.0 Å². The van der Waals surface area contributed by atoms with Crippen molar-refractivity contribution in [2.45, 2.75) is 10.8 Å². The molecule has 0 radical (unpaired) electrons. The average molecular weight is 236 g/mol. The van der Waals surface area contributed by atoms with Crippen LogP contribution in [0.1, 0.15) is 5.56 Å². The van der Waals surface area contributed by atoms with E-state index in [0.717, 1.165) is 15.8 Å². The third-order valence-corrected chi connectivity index (χ3v) is 3.16. The van der Waals surface area contributed by atoms with Crippen LogP contribution in [0, 0.1) is 0 Å². The van der Waals surface area contributed by atoms with Crippen molar-refractivity contribution in [1.29, 1.82) is 0 Å². The van der Waals surface area contributed by atoms with Gasteiger partial charge in [-0.3, -0.25) is 0 Å². The van der Waals surface area contributed by atoms with Crippen molar-refractivity contribution in [1.82, 2.24) is 4.98 Å². The molecule has 2 aromatic rings. The van der Waals surface area contributed by atoms with E-state index in [4.69, 9.17) is 11.6 Å². The van der Waals surface area contributed by atoms with E-state index in [0.29, 0.717) is 0 Å². The summed E-state index contributed by atoms with van der Waals surface area (Å²) in [5, 5.41) is 1.70. The topological polar surface area (TPSA) is 12.9 Å². The fraction of sp³-hybridized carbons (Fsp3) is 0.0833. The first kappa shape index (κ1) is 10.5. The Balaban J connectivity index is 1.99. The van der Waals surface area contributed by atoms with Crippen LogP contribution in [0.25, 0.3) is 0 Å². The van der Waals surface area contributed by atoms with Gasteiger partial charge in [0.15, 0.2) is 0 Å².